The van der Waals surface area contributed by atoms with Crippen LogP contribution in [-0.4, -0.2) is 10.9 Å². The Morgan fingerprint density at radius 3 is 2.38 bits per heavy atom. The lowest BCUT2D eigenvalue weighted by molar-refractivity contribution is 0.0945. The van der Waals surface area contributed by atoms with Crippen LogP contribution in [0.5, 0.6) is 0 Å². The van der Waals surface area contributed by atoms with Gasteiger partial charge in [0.1, 0.15) is 17.3 Å². The number of hydrogen-bond acceptors (Lipinski definition) is 3. The number of carbonyl (C=O) groups is 1. The Morgan fingerprint density at radius 1 is 0.923 bits per heavy atom. The average Bonchev–Trinajstić information content (AvgIpc) is 2.67. The van der Waals surface area contributed by atoms with Crippen LogP contribution in [0.1, 0.15) is 21.6 Å². The van der Waals surface area contributed by atoms with E-state index in [0.717, 1.165) is 11.3 Å². The first-order valence-electron chi connectivity index (χ1n) is 8.08. The molecule has 2 aromatic carbocycles. The molecule has 1 aromatic heterocycles. The van der Waals surface area contributed by atoms with Crippen LogP contribution >= 0.6 is 0 Å². The van der Waals surface area contributed by atoms with Crippen molar-refractivity contribution in [1.29, 1.82) is 0 Å². The number of nitrogens with one attached hydrogen (secondary N) is 2. The Balaban J connectivity index is 1.54. The summed E-state index contributed by atoms with van der Waals surface area (Å²) in [5.74, 6) is -1.01. The predicted molar refractivity (Wildman–Crippen MR) is 95.5 cm³/mol. The fourth-order valence-corrected chi connectivity index (χ4v) is 2.35. The Bertz CT molecular complexity index is 880. The molecule has 0 unspecified atom stereocenters. The van der Waals surface area contributed by atoms with Crippen LogP contribution in [-0.2, 0) is 13.1 Å². The van der Waals surface area contributed by atoms with E-state index in [-0.39, 0.29) is 29.8 Å². The summed E-state index contributed by atoms with van der Waals surface area (Å²) in [4.78, 5) is 16.2. The summed E-state index contributed by atoms with van der Waals surface area (Å²) in [6.45, 7) is 0.610. The van der Waals surface area contributed by atoms with Crippen LogP contribution in [0.3, 0.4) is 0 Å². The Morgan fingerprint density at radius 2 is 1.69 bits per heavy atom. The number of nitrogens with zero attached hydrogens (tertiary/aromatic N) is 1. The Labute approximate surface area is 149 Å². The third kappa shape index (κ3) is 4.63. The van der Waals surface area contributed by atoms with Gasteiger partial charge in [-0.1, -0.05) is 30.3 Å². The van der Waals surface area contributed by atoms with Crippen molar-refractivity contribution in [2.24, 2.45) is 0 Å². The first-order chi connectivity index (χ1) is 12.6. The van der Waals surface area contributed by atoms with Gasteiger partial charge in [0.2, 0.25) is 0 Å². The molecule has 6 heteroatoms. The highest BCUT2D eigenvalue weighted by Crippen LogP contribution is 2.10. The zero-order valence-corrected chi connectivity index (χ0v) is 13.9. The molecule has 0 bridgehead atoms. The maximum Gasteiger partial charge on any atom is 0.270 e. The van der Waals surface area contributed by atoms with E-state index < -0.39 is 0 Å². The summed E-state index contributed by atoms with van der Waals surface area (Å²) >= 11 is 0. The number of pyridine rings is 1. The number of aromatic nitrogens is 1. The van der Waals surface area contributed by atoms with Crippen molar-refractivity contribution in [3.05, 3.63) is 95.3 Å². The number of amides is 1. The van der Waals surface area contributed by atoms with Gasteiger partial charge in [-0.25, -0.2) is 13.8 Å². The average molecular weight is 353 g/mol. The van der Waals surface area contributed by atoms with Gasteiger partial charge in [0.25, 0.3) is 5.91 Å². The highest BCUT2D eigenvalue weighted by molar-refractivity contribution is 5.92. The number of carbonyl (C=O) groups excluding carboxylic acids is 1. The number of rotatable bonds is 6. The topological polar surface area (TPSA) is 54.0 Å². The smallest absolute Gasteiger partial charge is 0.270 e. The fraction of sp³-hybridized carbons (Fsp3) is 0.100. The van der Waals surface area contributed by atoms with E-state index in [0.29, 0.717) is 12.1 Å². The van der Waals surface area contributed by atoms with Crippen molar-refractivity contribution in [3.8, 4) is 0 Å². The lowest BCUT2D eigenvalue weighted by Gasteiger charge is -2.08. The molecular formula is C20H17F2N3O. The SMILES string of the molecule is O=C(NCc1ccccc1F)c1ccc(NCc2ccc(F)cc2)cn1. The quantitative estimate of drug-likeness (QED) is 0.707. The maximum atomic E-state index is 13.5. The van der Waals surface area contributed by atoms with E-state index in [1.54, 1.807) is 48.7 Å². The zero-order chi connectivity index (χ0) is 18.4. The van der Waals surface area contributed by atoms with Gasteiger partial charge in [-0.2, -0.15) is 0 Å². The summed E-state index contributed by atoms with van der Waals surface area (Å²) in [6, 6.07) is 15.8. The Hall–Kier alpha value is -3.28. The van der Waals surface area contributed by atoms with E-state index in [1.165, 1.54) is 18.2 Å². The highest BCUT2D eigenvalue weighted by atomic mass is 19.1. The highest BCUT2D eigenvalue weighted by Gasteiger charge is 2.08. The summed E-state index contributed by atoms with van der Waals surface area (Å²) in [5, 5.41) is 5.79. The van der Waals surface area contributed by atoms with Gasteiger partial charge < -0.3 is 10.6 Å². The lowest BCUT2D eigenvalue weighted by atomic mass is 10.2. The number of halogens is 2. The molecule has 0 saturated carbocycles. The minimum Gasteiger partial charge on any atom is -0.380 e. The molecule has 0 radical (unpaired) electrons. The predicted octanol–water partition coefficient (Wildman–Crippen LogP) is 3.90. The van der Waals surface area contributed by atoms with Gasteiger partial charge in [0, 0.05) is 18.7 Å². The lowest BCUT2D eigenvalue weighted by Crippen LogP contribution is -2.24. The van der Waals surface area contributed by atoms with Crippen molar-refractivity contribution >= 4 is 11.6 Å². The minimum absolute atomic E-state index is 0.0950. The van der Waals surface area contributed by atoms with E-state index in [4.69, 9.17) is 0 Å². The maximum absolute atomic E-state index is 13.5. The molecule has 0 atom stereocenters. The van der Waals surface area contributed by atoms with Gasteiger partial charge in [-0.3, -0.25) is 4.79 Å². The van der Waals surface area contributed by atoms with Crippen LogP contribution in [0.2, 0.25) is 0 Å². The van der Waals surface area contributed by atoms with Gasteiger partial charge >= 0.3 is 0 Å². The molecule has 3 aromatic rings. The van der Waals surface area contributed by atoms with Crippen LogP contribution < -0.4 is 10.6 Å². The molecule has 0 aliphatic rings. The molecule has 1 amide bonds. The molecular weight excluding hydrogens is 336 g/mol. The molecule has 0 aliphatic carbocycles. The van der Waals surface area contributed by atoms with Crippen LogP contribution in [0.15, 0.2) is 66.9 Å². The van der Waals surface area contributed by atoms with Crippen LogP contribution in [0, 0.1) is 11.6 Å². The molecule has 4 nitrogen and oxygen atoms in total. The minimum atomic E-state index is -0.377. The van der Waals surface area contributed by atoms with Crippen molar-refractivity contribution in [2.75, 3.05) is 5.32 Å². The third-order valence-electron chi connectivity index (χ3n) is 3.80. The summed E-state index contributed by atoms with van der Waals surface area (Å²) in [5.41, 5.74) is 2.32. The van der Waals surface area contributed by atoms with E-state index in [1.807, 2.05) is 0 Å². The fourth-order valence-electron chi connectivity index (χ4n) is 2.35. The number of anilines is 1. The van der Waals surface area contributed by atoms with Crippen LogP contribution in [0.25, 0.3) is 0 Å². The Kier molecular flexibility index (Phi) is 5.53. The summed E-state index contributed by atoms with van der Waals surface area (Å²) in [6.07, 6.45) is 1.54. The molecule has 3 rings (SSSR count). The molecule has 0 spiro atoms. The molecule has 0 fully saturated rings. The van der Waals surface area contributed by atoms with Crippen molar-refractivity contribution in [2.45, 2.75) is 13.1 Å². The van der Waals surface area contributed by atoms with E-state index >= 15 is 0 Å². The second-order valence-electron chi connectivity index (χ2n) is 5.69. The van der Waals surface area contributed by atoms with E-state index in [2.05, 4.69) is 15.6 Å². The number of hydrogen-bond donors (Lipinski definition) is 2. The van der Waals surface area contributed by atoms with Gasteiger partial charge in [-0.15, -0.1) is 0 Å². The summed E-state index contributed by atoms with van der Waals surface area (Å²) in [7, 11) is 0. The van der Waals surface area contributed by atoms with Crippen molar-refractivity contribution in [1.82, 2.24) is 10.3 Å². The molecule has 132 valence electrons. The molecule has 0 aliphatic heterocycles. The monoisotopic (exact) mass is 353 g/mol. The standard InChI is InChI=1S/C20H17F2N3O/c21-16-7-5-14(6-8-16)11-23-17-9-10-19(24-13-17)20(26)25-12-15-3-1-2-4-18(15)22/h1-10,13,23H,11-12H2,(H,25,26). The largest absolute Gasteiger partial charge is 0.380 e. The van der Waals surface area contributed by atoms with Gasteiger partial charge in [0.15, 0.2) is 0 Å². The second-order valence-corrected chi connectivity index (χ2v) is 5.69. The number of benzene rings is 2. The second kappa shape index (κ2) is 8.20. The molecule has 0 saturated heterocycles. The molecule has 26 heavy (non-hydrogen) atoms. The van der Waals surface area contributed by atoms with Crippen LogP contribution in [0.4, 0.5) is 14.5 Å². The van der Waals surface area contributed by atoms with Crippen molar-refractivity contribution < 1.29 is 13.6 Å². The first kappa shape index (κ1) is 17.5. The van der Waals surface area contributed by atoms with Crippen molar-refractivity contribution in [3.63, 3.8) is 0 Å². The summed E-state index contributed by atoms with van der Waals surface area (Å²) < 4.78 is 26.4. The normalized spacial score (nSPS) is 10.4. The van der Waals surface area contributed by atoms with Gasteiger partial charge in [-0.05, 0) is 35.9 Å². The van der Waals surface area contributed by atoms with E-state index in [9.17, 15) is 13.6 Å². The zero-order valence-electron chi connectivity index (χ0n) is 13.9. The molecule has 2 N–H and O–H groups in total. The first-order valence-corrected chi connectivity index (χ1v) is 8.08. The third-order valence-corrected chi connectivity index (χ3v) is 3.80. The molecule has 1 heterocycles. The van der Waals surface area contributed by atoms with Gasteiger partial charge in [0.05, 0.1) is 11.9 Å².